The van der Waals surface area contributed by atoms with Gasteiger partial charge in [-0.05, 0) is 62.2 Å². The SMILES string of the molecule is CO/N=C1/C[C@]2(C[C@@H]3C[C@@H](CC=C(C)C[C@@H](C)C=CC=C4CO[C@@H]5[C@H](O)C(C)=C[C@@H](C(=O)O3)[C@]45O)O2)O[C@H](/C(C)=C/C(C)C)[C@H]1C. The molecule has 10 atom stereocenters. The molecule has 9 heteroatoms. The zero-order valence-electron chi connectivity index (χ0n) is 28.7. The molecule has 254 valence electrons. The molecule has 3 saturated heterocycles. The van der Waals surface area contributed by atoms with Crippen molar-refractivity contribution in [1.82, 2.24) is 0 Å². The summed E-state index contributed by atoms with van der Waals surface area (Å²) in [5, 5.41) is 27.6. The van der Waals surface area contributed by atoms with Crippen molar-refractivity contribution in [2.24, 2.45) is 28.8 Å². The monoisotopic (exact) mass is 639 g/mol. The highest BCUT2D eigenvalue weighted by molar-refractivity contribution is 5.88. The number of allylic oxidation sites excluding steroid dienone is 5. The number of aliphatic hydroxyl groups excluding tert-OH is 1. The van der Waals surface area contributed by atoms with Crippen molar-refractivity contribution in [3.8, 4) is 0 Å². The lowest BCUT2D eigenvalue weighted by Gasteiger charge is -2.50. The number of aliphatic hydroxyl groups is 2. The molecule has 4 heterocycles. The van der Waals surface area contributed by atoms with Gasteiger partial charge in [0.1, 0.15) is 36.9 Å². The van der Waals surface area contributed by atoms with Crippen molar-refractivity contribution in [2.45, 2.75) is 122 Å². The largest absolute Gasteiger partial charge is 0.462 e. The Labute approximate surface area is 274 Å². The van der Waals surface area contributed by atoms with Crippen LogP contribution in [-0.2, 0) is 28.6 Å². The third-order valence-electron chi connectivity index (χ3n) is 10.1. The maximum absolute atomic E-state index is 14.2. The number of oxime groups is 1. The molecule has 5 rings (SSSR count). The maximum Gasteiger partial charge on any atom is 0.316 e. The van der Waals surface area contributed by atoms with Gasteiger partial charge >= 0.3 is 5.97 Å². The summed E-state index contributed by atoms with van der Waals surface area (Å²) in [7, 11) is 1.55. The third kappa shape index (κ3) is 6.99. The summed E-state index contributed by atoms with van der Waals surface area (Å²) in [4.78, 5) is 19.4. The van der Waals surface area contributed by atoms with Gasteiger partial charge in [-0.15, -0.1) is 0 Å². The van der Waals surface area contributed by atoms with Crippen molar-refractivity contribution in [3.05, 3.63) is 58.7 Å². The van der Waals surface area contributed by atoms with E-state index in [1.807, 2.05) is 12.2 Å². The van der Waals surface area contributed by atoms with Crippen LogP contribution < -0.4 is 0 Å². The molecule has 2 bridgehead atoms. The van der Waals surface area contributed by atoms with E-state index in [1.54, 1.807) is 20.1 Å². The summed E-state index contributed by atoms with van der Waals surface area (Å²) in [6.07, 6.45) is 11.4. The molecule has 0 aromatic heterocycles. The number of carbonyl (C=O) groups is 1. The Balaban J connectivity index is 1.55. The number of esters is 1. The molecule has 0 saturated carbocycles. The molecule has 4 aliphatic heterocycles. The van der Waals surface area contributed by atoms with Gasteiger partial charge in [-0.25, -0.2) is 0 Å². The van der Waals surface area contributed by atoms with Crippen LogP contribution in [0.5, 0.6) is 0 Å². The summed E-state index contributed by atoms with van der Waals surface area (Å²) >= 11 is 0. The van der Waals surface area contributed by atoms with Crippen molar-refractivity contribution in [1.29, 1.82) is 0 Å². The van der Waals surface area contributed by atoms with Crippen LogP contribution in [0, 0.1) is 23.7 Å². The van der Waals surface area contributed by atoms with E-state index in [0.29, 0.717) is 42.7 Å². The fourth-order valence-electron chi connectivity index (χ4n) is 7.94. The lowest BCUT2D eigenvalue weighted by Crippen LogP contribution is -2.59. The van der Waals surface area contributed by atoms with E-state index in [4.69, 9.17) is 23.8 Å². The Morgan fingerprint density at radius 3 is 2.67 bits per heavy atom. The van der Waals surface area contributed by atoms with Gasteiger partial charge in [-0.1, -0.05) is 74.9 Å². The standard InChI is InChI=1S/C37H53NO8/c1-21(2)14-25(6)33-26(7)31(38-42-8)19-36(46-33)18-29-17-28(45-36)13-12-23(4)15-22(3)10-9-11-27-20-43-34-32(39)24(5)16-30(35(40)44-29)37(27,34)41/h9-12,14,16,21-22,26,28-30,32-34,39,41H,13,15,17-20H2,1-8H3/b10-9?,23-12?,25-14+,27-11?,38-31-/t22-,26-,28+,29-,30-,32+,33+,34+,36-,37+/m0/s1. The van der Waals surface area contributed by atoms with E-state index in [2.05, 4.69) is 64.9 Å². The van der Waals surface area contributed by atoms with Crippen LogP contribution in [0.25, 0.3) is 0 Å². The number of nitrogens with zero attached hydrogens (tertiary/aromatic N) is 1. The number of ether oxygens (including phenoxy) is 4. The lowest BCUT2D eigenvalue weighted by molar-refractivity contribution is -0.313. The minimum atomic E-state index is -1.74. The van der Waals surface area contributed by atoms with Gasteiger partial charge in [0.25, 0.3) is 0 Å². The first-order chi connectivity index (χ1) is 21.8. The van der Waals surface area contributed by atoms with Gasteiger partial charge in [0.2, 0.25) is 0 Å². The molecule has 1 spiro atoms. The molecule has 0 radical (unpaired) electrons. The smallest absolute Gasteiger partial charge is 0.316 e. The van der Waals surface area contributed by atoms with Crippen molar-refractivity contribution < 1.29 is 38.8 Å². The van der Waals surface area contributed by atoms with Crippen LogP contribution in [-0.4, -0.2) is 77.5 Å². The second-order valence-corrected chi connectivity index (χ2v) is 14.5. The zero-order chi connectivity index (χ0) is 33.4. The molecular formula is C37H53NO8. The highest BCUT2D eigenvalue weighted by atomic mass is 16.7. The first-order valence-corrected chi connectivity index (χ1v) is 16.8. The second-order valence-electron chi connectivity index (χ2n) is 14.5. The van der Waals surface area contributed by atoms with Crippen LogP contribution in [0.15, 0.2) is 63.9 Å². The van der Waals surface area contributed by atoms with Crippen LogP contribution in [0.4, 0.5) is 0 Å². The second kappa shape index (κ2) is 13.9. The van der Waals surface area contributed by atoms with Crippen LogP contribution >= 0.6 is 0 Å². The highest BCUT2D eigenvalue weighted by Crippen LogP contribution is 2.47. The van der Waals surface area contributed by atoms with Gasteiger partial charge < -0.3 is 34.0 Å². The molecule has 1 aliphatic carbocycles. The first-order valence-electron chi connectivity index (χ1n) is 16.8. The van der Waals surface area contributed by atoms with E-state index < -0.39 is 41.6 Å². The van der Waals surface area contributed by atoms with Gasteiger partial charge in [0.15, 0.2) is 5.79 Å². The quantitative estimate of drug-likeness (QED) is 0.229. The maximum atomic E-state index is 14.2. The Bertz CT molecular complexity index is 1340. The number of rotatable bonds is 3. The molecule has 5 aliphatic rings. The minimum Gasteiger partial charge on any atom is -0.462 e. The summed E-state index contributed by atoms with van der Waals surface area (Å²) in [5.41, 5.74) is 2.54. The lowest BCUT2D eigenvalue weighted by atomic mass is 9.71. The topological polar surface area (TPSA) is 116 Å². The van der Waals surface area contributed by atoms with Crippen LogP contribution in [0.3, 0.4) is 0 Å². The molecule has 0 aromatic rings. The Morgan fingerprint density at radius 1 is 1.20 bits per heavy atom. The average molecular weight is 640 g/mol. The fraction of sp³-hybridized carbons (Fsp3) is 0.676. The van der Waals surface area contributed by atoms with Gasteiger partial charge in [0, 0.05) is 25.2 Å². The van der Waals surface area contributed by atoms with Crippen LogP contribution in [0.2, 0.25) is 0 Å². The Morgan fingerprint density at radius 2 is 1.96 bits per heavy atom. The normalized spacial score (nSPS) is 41.5. The van der Waals surface area contributed by atoms with E-state index >= 15 is 0 Å². The molecule has 9 nitrogen and oxygen atoms in total. The average Bonchev–Trinajstić information content (AvgIpc) is 3.31. The first kappa shape index (κ1) is 34.8. The molecule has 3 fully saturated rings. The van der Waals surface area contributed by atoms with E-state index in [9.17, 15) is 15.0 Å². The molecule has 0 aromatic carbocycles. The Hall–Kier alpha value is -2.56. The van der Waals surface area contributed by atoms with E-state index in [1.165, 1.54) is 5.57 Å². The molecule has 0 amide bonds. The summed E-state index contributed by atoms with van der Waals surface area (Å²) < 4.78 is 26.0. The summed E-state index contributed by atoms with van der Waals surface area (Å²) in [5.74, 6) is -2.15. The Kier molecular flexibility index (Phi) is 10.5. The molecule has 46 heavy (non-hydrogen) atoms. The summed E-state index contributed by atoms with van der Waals surface area (Å²) in [6, 6.07) is 0. The predicted molar refractivity (Wildman–Crippen MR) is 176 cm³/mol. The summed E-state index contributed by atoms with van der Waals surface area (Å²) in [6.45, 7) is 14.6. The highest BCUT2D eigenvalue weighted by Gasteiger charge is 2.60. The fourth-order valence-corrected chi connectivity index (χ4v) is 7.94. The van der Waals surface area contributed by atoms with Crippen molar-refractivity contribution in [3.63, 3.8) is 0 Å². The number of hydrogen-bond donors (Lipinski definition) is 2. The number of hydrogen-bond acceptors (Lipinski definition) is 9. The number of fused-ring (bicyclic) bond motifs is 2. The third-order valence-corrected chi connectivity index (χ3v) is 10.1. The molecule has 2 N–H and O–H groups in total. The molecular weight excluding hydrogens is 586 g/mol. The van der Waals surface area contributed by atoms with Crippen molar-refractivity contribution in [2.75, 3.05) is 13.7 Å². The van der Waals surface area contributed by atoms with Crippen molar-refractivity contribution >= 4 is 11.7 Å². The zero-order valence-corrected chi connectivity index (χ0v) is 28.7. The van der Waals surface area contributed by atoms with E-state index in [0.717, 1.165) is 17.7 Å². The van der Waals surface area contributed by atoms with Crippen LogP contribution in [0.1, 0.15) is 80.6 Å². The van der Waals surface area contributed by atoms with Gasteiger partial charge in [0.05, 0.1) is 24.5 Å². The van der Waals surface area contributed by atoms with E-state index in [-0.39, 0.29) is 30.7 Å². The minimum absolute atomic E-state index is 0.0340. The number of carbonyl (C=O) groups excluding carboxylic acids is 1. The predicted octanol–water partition coefficient (Wildman–Crippen LogP) is 5.73. The van der Waals surface area contributed by atoms with Gasteiger partial charge in [-0.2, -0.15) is 0 Å². The van der Waals surface area contributed by atoms with Gasteiger partial charge in [-0.3, -0.25) is 4.79 Å². The molecule has 0 unspecified atom stereocenters.